The Kier molecular flexibility index (Phi) is 3.26. The van der Waals surface area contributed by atoms with E-state index in [2.05, 4.69) is 0 Å². The fourth-order valence-electron chi connectivity index (χ4n) is 4.56. The number of hydrogen-bond acceptors (Lipinski definition) is 4. The molecule has 1 aromatic carbocycles. The van der Waals surface area contributed by atoms with Crippen LogP contribution in [-0.2, 0) is 21.0 Å². The zero-order valence-electron chi connectivity index (χ0n) is 12.8. The second kappa shape index (κ2) is 4.97. The van der Waals surface area contributed by atoms with E-state index in [0.717, 1.165) is 10.4 Å². The number of fused-ring (bicyclic) bond motifs is 5. The molecule has 9 heteroatoms. The molecule has 0 unspecified atom stereocenters. The number of rotatable bonds is 1. The third-order valence-electron chi connectivity index (χ3n) is 5.60. The standard InChI is InChI=1S/C16H13F3N2O3S/c17-16(18,19)13-5-10(2-1-8(13)6-20)21-7-12-9-3-11(14(22)4-9)15(12)25(21,23)24/h1-2,5,9,11-12,15H,3-4,7H2/t9-,11+,12+,15-/m1/s1. The number of nitrogens with zero attached hydrogens (tertiary/aromatic N) is 2. The van der Waals surface area contributed by atoms with Crippen LogP contribution in [0.1, 0.15) is 24.0 Å². The summed E-state index contributed by atoms with van der Waals surface area (Å²) in [6.45, 7) is 0.0879. The Morgan fingerprint density at radius 1 is 1.28 bits per heavy atom. The highest BCUT2D eigenvalue weighted by molar-refractivity contribution is 7.93. The molecule has 0 spiro atoms. The van der Waals surface area contributed by atoms with Gasteiger partial charge >= 0.3 is 6.18 Å². The van der Waals surface area contributed by atoms with Crippen molar-refractivity contribution in [2.24, 2.45) is 17.8 Å². The number of carbonyl (C=O) groups excluding carboxylic acids is 1. The fourth-order valence-corrected chi connectivity index (χ4v) is 7.07. The maximum absolute atomic E-state index is 13.1. The molecule has 2 saturated carbocycles. The van der Waals surface area contributed by atoms with E-state index in [-0.39, 0.29) is 29.9 Å². The van der Waals surface area contributed by atoms with Gasteiger partial charge < -0.3 is 0 Å². The molecule has 0 amide bonds. The predicted molar refractivity (Wildman–Crippen MR) is 80.9 cm³/mol. The molecule has 1 heterocycles. The van der Waals surface area contributed by atoms with Crippen LogP contribution >= 0.6 is 0 Å². The third kappa shape index (κ3) is 2.20. The summed E-state index contributed by atoms with van der Waals surface area (Å²) >= 11 is 0. The van der Waals surface area contributed by atoms with Gasteiger partial charge in [-0.3, -0.25) is 9.10 Å². The number of hydrogen-bond donors (Lipinski definition) is 0. The van der Waals surface area contributed by atoms with Gasteiger partial charge in [-0.1, -0.05) is 0 Å². The van der Waals surface area contributed by atoms with E-state index in [4.69, 9.17) is 5.26 Å². The van der Waals surface area contributed by atoms with Gasteiger partial charge in [0.1, 0.15) is 5.78 Å². The van der Waals surface area contributed by atoms with Gasteiger partial charge in [-0.05, 0) is 30.5 Å². The highest BCUT2D eigenvalue weighted by Gasteiger charge is 2.63. The van der Waals surface area contributed by atoms with Crippen molar-refractivity contribution in [1.29, 1.82) is 5.26 Å². The van der Waals surface area contributed by atoms with E-state index in [1.165, 1.54) is 12.1 Å². The van der Waals surface area contributed by atoms with E-state index in [1.807, 2.05) is 0 Å². The van der Waals surface area contributed by atoms with E-state index in [0.29, 0.717) is 18.9 Å². The normalized spacial score (nSPS) is 32.7. The second-order valence-corrected chi connectivity index (χ2v) is 8.83. The van der Waals surface area contributed by atoms with Gasteiger partial charge in [0, 0.05) is 24.8 Å². The summed E-state index contributed by atoms with van der Waals surface area (Å²) < 4.78 is 66.1. The smallest absolute Gasteiger partial charge is 0.299 e. The van der Waals surface area contributed by atoms with Crippen LogP contribution in [0.2, 0.25) is 0 Å². The first-order chi connectivity index (χ1) is 11.6. The Bertz CT molecular complexity index is 920. The molecule has 0 aromatic heterocycles. The number of Topliss-reactive ketones (excluding diaryl/α,β-unsaturated/α-hetero) is 1. The van der Waals surface area contributed by atoms with Crippen LogP contribution in [0.15, 0.2) is 18.2 Å². The van der Waals surface area contributed by atoms with Crippen molar-refractivity contribution < 1.29 is 26.4 Å². The minimum absolute atomic E-state index is 0.0113. The summed E-state index contributed by atoms with van der Waals surface area (Å²) in [5.74, 6) is -0.835. The van der Waals surface area contributed by atoms with Crippen molar-refractivity contribution in [3.05, 3.63) is 29.3 Å². The highest BCUT2D eigenvalue weighted by atomic mass is 32.2. The van der Waals surface area contributed by atoms with Crippen LogP contribution in [0, 0.1) is 29.1 Å². The largest absolute Gasteiger partial charge is 0.417 e. The topological polar surface area (TPSA) is 78.2 Å². The average Bonchev–Trinajstić information content (AvgIpc) is 3.15. The zero-order valence-corrected chi connectivity index (χ0v) is 13.6. The molecular weight excluding hydrogens is 357 g/mol. The fraction of sp³-hybridized carbons (Fsp3) is 0.500. The molecule has 4 atom stereocenters. The van der Waals surface area contributed by atoms with Crippen molar-refractivity contribution in [1.82, 2.24) is 0 Å². The van der Waals surface area contributed by atoms with Gasteiger partial charge in [-0.25, -0.2) is 8.42 Å². The highest BCUT2D eigenvalue weighted by Crippen LogP contribution is 2.54. The van der Waals surface area contributed by atoms with Crippen LogP contribution in [-0.4, -0.2) is 26.0 Å². The quantitative estimate of drug-likeness (QED) is 0.760. The maximum Gasteiger partial charge on any atom is 0.417 e. The number of halogens is 3. The van der Waals surface area contributed by atoms with Crippen LogP contribution in [0.25, 0.3) is 0 Å². The van der Waals surface area contributed by atoms with Gasteiger partial charge in [0.15, 0.2) is 0 Å². The summed E-state index contributed by atoms with van der Waals surface area (Å²) in [6, 6.07) is 4.39. The lowest BCUT2D eigenvalue weighted by Gasteiger charge is -2.22. The average molecular weight is 370 g/mol. The molecule has 2 bridgehead atoms. The van der Waals surface area contributed by atoms with E-state index in [9.17, 15) is 26.4 Å². The number of ketones is 1. The van der Waals surface area contributed by atoms with Gasteiger partial charge in [0.05, 0.1) is 28.1 Å². The van der Waals surface area contributed by atoms with Gasteiger partial charge in [0.2, 0.25) is 10.0 Å². The lowest BCUT2D eigenvalue weighted by atomic mass is 9.87. The monoisotopic (exact) mass is 370 g/mol. The van der Waals surface area contributed by atoms with Crippen molar-refractivity contribution in [2.75, 3.05) is 10.8 Å². The predicted octanol–water partition coefficient (Wildman–Crippen LogP) is 2.32. The van der Waals surface area contributed by atoms with Gasteiger partial charge in [-0.15, -0.1) is 0 Å². The molecule has 4 rings (SSSR count). The summed E-state index contributed by atoms with van der Waals surface area (Å²) in [6.07, 6.45) is -3.84. The third-order valence-corrected chi connectivity index (χ3v) is 7.94. The molecule has 1 aromatic rings. The molecule has 2 aliphatic carbocycles. The zero-order chi connectivity index (χ0) is 18.1. The van der Waals surface area contributed by atoms with Crippen molar-refractivity contribution >= 4 is 21.5 Å². The van der Waals surface area contributed by atoms with Crippen LogP contribution in [0.4, 0.5) is 18.9 Å². The molecule has 1 saturated heterocycles. The number of benzene rings is 1. The Morgan fingerprint density at radius 2 is 2.00 bits per heavy atom. The molecule has 1 aliphatic heterocycles. The number of sulfonamides is 1. The first-order valence-electron chi connectivity index (χ1n) is 7.80. The Morgan fingerprint density at radius 3 is 2.64 bits per heavy atom. The van der Waals surface area contributed by atoms with E-state index >= 15 is 0 Å². The molecule has 0 N–H and O–H groups in total. The molecule has 5 nitrogen and oxygen atoms in total. The summed E-state index contributed by atoms with van der Waals surface area (Å²) in [4.78, 5) is 11.9. The molecular formula is C16H13F3N2O3S. The lowest BCUT2D eigenvalue weighted by Crippen LogP contribution is -2.36. The molecule has 0 radical (unpaired) electrons. The maximum atomic E-state index is 13.1. The van der Waals surface area contributed by atoms with Crippen molar-refractivity contribution in [3.63, 3.8) is 0 Å². The number of carbonyl (C=O) groups is 1. The first-order valence-corrected chi connectivity index (χ1v) is 9.30. The molecule has 132 valence electrons. The van der Waals surface area contributed by atoms with Crippen molar-refractivity contribution in [3.8, 4) is 6.07 Å². The van der Waals surface area contributed by atoms with E-state index < -0.39 is 38.5 Å². The van der Waals surface area contributed by atoms with Crippen LogP contribution in [0.5, 0.6) is 0 Å². The molecule has 3 aliphatic rings. The Balaban J connectivity index is 1.77. The van der Waals surface area contributed by atoms with Crippen molar-refractivity contribution in [2.45, 2.75) is 24.3 Å². The second-order valence-electron chi connectivity index (χ2n) is 6.82. The molecule has 3 fully saturated rings. The number of alkyl halides is 3. The van der Waals surface area contributed by atoms with Gasteiger partial charge in [0.25, 0.3) is 0 Å². The first kappa shape index (κ1) is 16.4. The van der Waals surface area contributed by atoms with Crippen LogP contribution < -0.4 is 4.31 Å². The Labute approximate surface area is 142 Å². The van der Waals surface area contributed by atoms with Gasteiger partial charge in [-0.2, -0.15) is 18.4 Å². The number of anilines is 1. The number of nitriles is 1. The molecule has 25 heavy (non-hydrogen) atoms. The van der Waals surface area contributed by atoms with E-state index in [1.54, 1.807) is 0 Å². The minimum atomic E-state index is -4.75. The van der Waals surface area contributed by atoms with Crippen LogP contribution in [0.3, 0.4) is 0 Å². The minimum Gasteiger partial charge on any atom is -0.299 e. The Hall–Kier alpha value is -2.08. The summed E-state index contributed by atoms with van der Waals surface area (Å²) in [5.41, 5.74) is -1.81. The summed E-state index contributed by atoms with van der Waals surface area (Å²) in [5, 5.41) is 8.03. The SMILES string of the molecule is N#Cc1ccc(N2C[C@H]3[C@H]4CC(=O)[C@H](C4)[C@H]3S2(=O)=O)cc1C(F)(F)F. The summed E-state index contributed by atoms with van der Waals surface area (Å²) in [7, 11) is -3.90. The lowest BCUT2D eigenvalue weighted by molar-refractivity contribution is -0.137.